The Morgan fingerprint density at radius 3 is 2.55 bits per heavy atom. The quantitative estimate of drug-likeness (QED) is 0.665. The minimum absolute atomic E-state index is 0.194. The number of nitrogens with zero attached hydrogens (tertiary/aromatic N) is 3. The lowest BCUT2D eigenvalue weighted by Gasteiger charge is -2.27. The predicted octanol–water partition coefficient (Wildman–Crippen LogP) is 4.28. The minimum atomic E-state index is -0.462. The monoisotopic (exact) mass is 441 g/mol. The van der Waals surface area contributed by atoms with Crippen molar-refractivity contribution < 1.29 is 18.8 Å². The third kappa shape index (κ3) is 4.17. The van der Waals surface area contributed by atoms with Crippen molar-refractivity contribution in [2.45, 2.75) is 33.1 Å². The van der Waals surface area contributed by atoms with Gasteiger partial charge in [-0.15, -0.1) is 0 Å². The van der Waals surface area contributed by atoms with E-state index in [0.717, 1.165) is 52.9 Å². The van der Waals surface area contributed by atoms with E-state index in [1.165, 1.54) is 6.07 Å². The van der Waals surface area contributed by atoms with Crippen LogP contribution in [-0.4, -0.2) is 51.1 Å². The number of hydrogen-bond donors (Lipinski definition) is 0. The van der Waals surface area contributed by atoms with Crippen molar-refractivity contribution >= 4 is 34.9 Å². The number of likely N-dealkylation sites (tertiary alicyclic amines) is 1. The Morgan fingerprint density at radius 2 is 1.84 bits per heavy atom. The van der Waals surface area contributed by atoms with E-state index < -0.39 is 11.1 Å². The molecule has 8 heteroatoms. The van der Waals surface area contributed by atoms with Gasteiger partial charge in [0.1, 0.15) is 12.4 Å². The van der Waals surface area contributed by atoms with Crippen LogP contribution in [-0.2, 0) is 9.59 Å². The first-order valence-electron chi connectivity index (χ1n) is 10.3. The van der Waals surface area contributed by atoms with Gasteiger partial charge in [-0.1, -0.05) is 12.1 Å². The van der Waals surface area contributed by atoms with Gasteiger partial charge in [-0.3, -0.25) is 19.3 Å². The fourth-order valence-electron chi connectivity index (χ4n) is 4.09. The number of para-hydroxylation sites is 1. The third-order valence-electron chi connectivity index (χ3n) is 5.73. The minimum Gasteiger partial charge on any atom is -0.341 e. The Kier molecular flexibility index (Phi) is 6.00. The molecule has 4 rings (SSSR count). The summed E-state index contributed by atoms with van der Waals surface area (Å²) in [5.74, 6) is -0.996. The molecule has 2 aliphatic heterocycles. The average Bonchev–Trinajstić information content (AvgIpc) is 3.18. The van der Waals surface area contributed by atoms with Gasteiger partial charge in [0.15, 0.2) is 0 Å². The maximum atomic E-state index is 14.3. The van der Waals surface area contributed by atoms with Gasteiger partial charge in [0, 0.05) is 24.5 Å². The van der Waals surface area contributed by atoms with Gasteiger partial charge in [0.2, 0.25) is 5.91 Å². The molecule has 3 amide bonds. The lowest BCUT2D eigenvalue weighted by Crippen LogP contribution is -2.44. The molecule has 2 aliphatic rings. The number of piperidine rings is 1. The molecule has 0 aliphatic carbocycles. The summed E-state index contributed by atoms with van der Waals surface area (Å²) in [5.41, 5.74) is 2.73. The van der Waals surface area contributed by atoms with Crippen LogP contribution in [0, 0.1) is 19.7 Å². The van der Waals surface area contributed by atoms with E-state index in [2.05, 4.69) is 0 Å². The highest BCUT2D eigenvalue weighted by Crippen LogP contribution is 2.34. The van der Waals surface area contributed by atoms with Crippen LogP contribution < -0.4 is 0 Å². The zero-order chi connectivity index (χ0) is 22.1. The molecule has 0 atom stereocenters. The molecule has 3 heterocycles. The first-order chi connectivity index (χ1) is 14.9. The maximum absolute atomic E-state index is 14.3. The number of carbonyl (C=O) groups is 3. The van der Waals surface area contributed by atoms with Crippen molar-refractivity contribution in [1.82, 2.24) is 14.4 Å². The summed E-state index contributed by atoms with van der Waals surface area (Å²) in [6, 6.07) is 8.35. The Balaban J connectivity index is 1.57. The summed E-state index contributed by atoms with van der Waals surface area (Å²) in [5, 5.41) is -0.440. The van der Waals surface area contributed by atoms with Crippen LogP contribution in [0.4, 0.5) is 9.18 Å². The molecule has 0 unspecified atom stereocenters. The van der Waals surface area contributed by atoms with Crippen LogP contribution in [0.1, 0.15) is 36.2 Å². The van der Waals surface area contributed by atoms with Crippen LogP contribution in [0.5, 0.6) is 0 Å². The number of rotatable bonds is 4. The second-order valence-electron chi connectivity index (χ2n) is 7.82. The van der Waals surface area contributed by atoms with Crippen molar-refractivity contribution in [3.63, 3.8) is 0 Å². The summed E-state index contributed by atoms with van der Waals surface area (Å²) in [7, 11) is 0. The molecule has 2 aromatic rings. The zero-order valence-corrected chi connectivity index (χ0v) is 18.4. The number of aryl methyl sites for hydroxylation is 1. The van der Waals surface area contributed by atoms with Crippen LogP contribution in [0.15, 0.2) is 35.2 Å². The highest BCUT2D eigenvalue weighted by Gasteiger charge is 2.37. The molecule has 162 valence electrons. The number of aromatic nitrogens is 1. The van der Waals surface area contributed by atoms with E-state index in [0.29, 0.717) is 18.8 Å². The van der Waals surface area contributed by atoms with E-state index in [1.54, 1.807) is 33.7 Å². The molecular weight excluding hydrogens is 417 g/mol. The molecule has 1 aromatic carbocycles. The number of hydrogen-bond acceptors (Lipinski definition) is 4. The number of halogens is 1. The van der Waals surface area contributed by atoms with Crippen LogP contribution in [0.2, 0.25) is 0 Å². The number of thioether (sulfide) groups is 1. The Bertz CT molecular complexity index is 1090. The topological polar surface area (TPSA) is 62.6 Å². The average molecular weight is 442 g/mol. The molecule has 0 N–H and O–H groups in total. The van der Waals surface area contributed by atoms with Gasteiger partial charge in [-0.25, -0.2) is 4.39 Å². The number of imide groups is 1. The van der Waals surface area contributed by atoms with Gasteiger partial charge < -0.3 is 9.47 Å². The highest BCUT2D eigenvalue weighted by atomic mass is 32.2. The van der Waals surface area contributed by atoms with E-state index in [-0.39, 0.29) is 23.2 Å². The van der Waals surface area contributed by atoms with Gasteiger partial charge >= 0.3 is 0 Å². The maximum Gasteiger partial charge on any atom is 0.294 e. The fourth-order valence-corrected chi connectivity index (χ4v) is 4.92. The second kappa shape index (κ2) is 8.70. The summed E-state index contributed by atoms with van der Waals surface area (Å²) in [4.78, 5) is 40.8. The number of amides is 3. The second-order valence-corrected chi connectivity index (χ2v) is 8.82. The highest BCUT2D eigenvalue weighted by molar-refractivity contribution is 8.18. The van der Waals surface area contributed by atoms with Gasteiger partial charge in [0.05, 0.1) is 10.6 Å². The van der Waals surface area contributed by atoms with Crippen molar-refractivity contribution in [2.24, 2.45) is 0 Å². The van der Waals surface area contributed by atoms with Gasteiger partial charge in [0.25, 0.3) is 11.1 Å². The molecule has 0 spiro atoms. The SMILES string of the molecule is Cc1cc(/C=C2\SC(=O)N(CC(=O)N3CCCCC3)C2=O)c(C)n1-c1ccccc1F. The molecular formula is C23H24FN3O3S. The largest absolute Gasteiger partial charge is 0.341 e. The van der Waals surface area contributed by atoms with Crippen LogP contribution >= 0.6 is 11.8 Å². The summed E-state index contributed by atoms with van der Waals surface area (Å²) in [6.07, 6.45) is 4.64. The summed E-state index contributed by atoms with van der Waals surface area (Å²) < 4.78 is 16.1. The molecule has 2 fully saturated rings. The molecule has 6 nitrogen and oxygen atoms in total. The lowest BCUT2D eigenvalue weighted by molar-refractivity contribution is -0.136. The summed E-state index contributed by atoms with van der Waals surface area (Å²) >= 11 is 0.833. The van der Waals surface area contributed by atoms with Crippen molar-refractivity contribution in [3.05, 3.63) is 58.0 Å². The van der Waals surface area contributed by atoms with Crippen molar-refractivity contribution in [2.75, 3.05) is 19.6 Å². The molecule has 0 radical (unpaired) electrons. The van der Waals surface area contributed by atoms with Gasteiger partial charge in [-0.2, -0.15) is 0 Å². The van der Waals surface area contributed by atoms with E-state index >= 15 is 0 Å². The standard InChI is InChI=1S/C23H24FN3O3S/c1-15-12-17(16(2)27(15)19-9-5-4-8-18(19)24)13-20-22(29)26(23(30)31-20)14-21(28)25-10-6-3-7-11-25/h4-5,8-9,12-13H,3,6-7,10-11,14H2,1-2H3/b20-13-. The molecule has 0 saturated carbocycles. The zero-order valence-electron chi connectivity index (χ0n) is 17.6. The van der Waals surface area contributed by atoms with Crippen LogP contribution in [0.25, 0.3) is 11.8 Å². The molecule has 31 heavy (non-hydrogen) atoms. The van der Waals surface area contributed by atoms with Crippen molar-refractivity contribution in [3.8, 4) is 5.69 Å². The smallest absolute Gasteiger partial charge is 0.294 e. The first-order valence-corrected chi connectivity index (χ1v) is 11.2. The Labute approximate surface area is 184 Å². The predicted molar refractivity (Wildman–Crippen MR) is 118 cm³/mol. The molecule has 1 aromatic heterocycles. The third-order valence-corrected chi connectivity index (χ3v) is 6.63. The van der Waals surface area contributed by atoms with E-state index in [1.807, 2.05) is 19.9 Å². The Morgan fingerprint density at radius 1 is 1.13 bits per heavy atom. The summed E-state index contributed by atoms with van der Waals surface area (Å²) in [6.45, 7) is 4.82. The fraction of sp³-hybridized carbons (Fsp3) is 0.348. The molecule has 2 saturated heterocycles. The normalized spacial score (nSPS) is 18.4. The number of benzene rings is 1. The Hall–Kier alpha value is -2.87. The van der Waals surface area contributed by atoms with E-state index in [9.17, 15) is 18.8 Å². The van der Waals surface area contributed by atoms with Crippen LogP contribution in [0.3, 0.4) is 0 Å². The van der Waals surface area contributed by atoms with Crippen molar-refractivity contribution in [1.29, 1.82) is 0 Å². The first kappa shape index (κ1) is 21.4. The van der Waals surface area contributed by atoms with Gasteiger partial charge in [-0.05, 0) is 74.7 Å². The molecule has 0 bridgehead atoms. The lowest BCUT2D eigenvalue weighted by atomic mass is 10.1. The van der Waals surface area contributed by atoms with E-state index in [4.69, 9.17) is 0 Å². The number of carbonyl (C=O) groups excluding carboxylic acids is 3.